The van der Waals surface area contributed by atoms with Crippen LogP contribution >= 0.6 is 22.9 Å². The van der Waals surface area contributed by atoms with E-state index in [2.05, 4.69) is 25.7 Å². The maximum atomic E-state index is 10.7. The number of anilines is 2. The Kier molecular flexibility index (Phi) is 5.49. The van der Waals surface area contributed by atoms with Gasteiger partial charge in [-0.05, 0) is 16.6 Å². The van der Waals surface area contributed by atoms with Crippen molar-refractivity contribution in [3.63, 3.8) is 0 Å². The second kappa shape index (κ2) is 8.37. The van der Waals surface area contributed by atoms with Crippen molar-refractivity contribution in [1.29, 1.82) is 0 Å². The second-order valence-corrected chi connectivity index (χ2v) is 7.53. The third kappa shape index (κ3) is 4.76. The third-order valence-electron chi connectivity index (χ3n) is 4.00. The Morgan fingerprint density at radius 3 is 2.72 bits per heavy atom. The van der Waals surface area contributed by atoms with Gasteiger partial charge in [0.15, 0.2) is 5.82 Å². The number of aryl methyl sites for hydroxylation is 2. The molecule has 0 saturated heterocycles. The number of nitrogens with zero attached hydrogens (tertiary/aromatic N) is 7. The number of halogens is 1. The summed E-state index contributed by atoms with van der Waals surface area (Å²) in [5.41, 5.74) is 0.987. The molecule has 4 rings (SSSR count). The van der Waals surface area contributed by atoms with E-state index in [1.807, 2.05) is 36.5 Å². The summed E-state index contributed by atoms with van der Waals surface area (Å²) < 4.78 is 3.30. The highest BCUT2D eigenvalue weighted by atomic mass is 35.5. The number of nitrogens with one attached hydrogen (secondary N) is 1. The van der Waals surface area contributed by atoms with E-state index in [1.54, 1.807) is 10.9 Å². The molecule has 0 bridgehead atoms. The number of rotatable bonds is 8. The second-order valence-electron chi connectivity index (χ2n) is 6.06. The average Bonchev–Trinajstić information content (AvgIpc) is 3.44. The van der Waals surface area contributed by atoms with Crippen molar-refractivity contribution in [3.8, 4) is 0 Å². The van der Waals surface area contributed by atoms with Crippen molar-refractivity contribution in [1.82, 2.24) is 29.8 Å². The molecule has 0 aliphatic carbocycles. The number of aromatic nitrogens is 6. The highest BCUT2D eigenvalue weighted by molar-refractivity contribution is 7.15. The Bertz CT molecular complexity index is 1140. The molecule has 4 aromatic rings. The van der Waals surface area contributed by atoms with Crippen LogP contribution in [0.1, 0.15) is 10.6 Å². The Labute approximate surface area is 173 Å². The lowest BCUT2D eigenvalue weighted by Gasteiger charge is -2.04. The zero-order valence-electron chi connectivity index (χ0n) is 15.0. The number of benzene rings is 1. The Hall–Kier alpha value is -3.31. The smallest absolute Gasteiger partial charge is 0.358 e. The van der Waals surface area contributed by atoms with E-state index in [4.69, 9.17) is 11.6 Å². The van der Waals surface area contributed by atoms with Crippen LogP contribution in [-0.2, 0) is 19.5 Å². The van der Waals surface area contributed by atoms with Gasteiger partial charge in [0, 0.05) is 23.7 Å². The van der Waals surface area contributed by atoms with E-state index in [9.17, 15) is 10.1 Å². The molecule has 0 atom stereocenters. The fourth-order valence-electron chi connectivity index (χ4n) is 2.62. The monoisotopic (exact) mass is 430 g/mol. The minimum atomic E-state index is -0.519. The van der Waals surface area contributed by atoms with E-state index in [0.717, 1.165) is 10.6 Å². The van der Waals surface area contributed by atoms with Crippen molar-refractivity contribution in [3.05, 3.63) is 74.5 Å². The molecule has 0 amide bonds. The molecule has 148 valence electrons. The topological polar surface area (TPSA) is 117 Å². The van der Waals surface area contributed by atoms with E-state index in [0.29, 0.717) is 35.5 Å². The van der Waals surface area contributed by atoms with Gasteiger partial charge in [0.1, 0.15) is 5.01 Å². The molecule has 0 unspecified atom stereocenters. The first-order valence-electron chi connectivity index (χ1n) is 8.61. The van der Waals surface area contributed by atoms with Crippen LogP contribution in [0.3, 0.4) is 0 Å². The minimum absolute atomic E-state index is 0.169. The van der Waals surface area contributed by atoms with Crippen LogP contribution in [0.5, 0.6) is 0 Å². The summed E-state index contributed by atoms with van der Waals surface area (Å²) >= 11 is 7.59. The van der Waals surface area contributed by atoms with Gasteiger partial charge < -0.3 is 15.4 Å². The van der Waals surface area contributed by atoms with E-state index in [1.165, 1.54) is 22.1 Å². The molecular formula is C17H15ClN8O2S. The minimum Gasteiger partial charge on any atom is -0.358 e. The molecule has 0 saturated carbocycles. The first-order chi connectivity index (χ1) is 14.1. The molecule has 0 fully saturated rings. The fourth-order valence-corrected chi connectivity index (χ4v) is 3.55. The van der Waals surface area contributed by atoms with Crippen LogP contribution in [-0.4, -0.2) is 34.7 Å². The Morgan fingerprint density at radius 2 is 1.93 bits per heavy atom. The van der Waals surface area contributed by atoms with Crippen LogP contribution in [0.15, 0.2) is 48.8 Å². The standard InChI is InChI=1S/C17H15ClN8O2S/c18-13-4-2-1-3-12(13)11-25-8-5-14(22-25)19-17-21-20-16(29-17)7-10-24-9-6-15(23-24)26(27)28/h1-6,8-9H,7,10-11H2,(H,19,21,22). The van der Waals surface area contributed by atoms with Crippen LogP contribution in [0.25, 0.3) is 0 Å². The fraction of sp³-hybridized carbons (Fsp3) is 0.176. The van der Waals surface area contributed by atoms with Crippen LogP contribution in [0.2, 0.25) is 5.02 Å². The van der Waals surface area contributed by atoms with Gasteiger partial charge in [0.25, 0.3) is 0 Å². The van der Waals surface area contributed by atoms with E-state index >= 15 is 0 Å². The van der Waals surface area contributed by atoms with Crippen LogP contribution in [0, 0.1) is 10.1 Å². The molecule has 1 N–H and O–H groups in total. The van der Waals surface area contributed by atoms with Crippen molar-refractivity contribution in [2.45, 2.75) is 19.5 Å². The zero-order valence-corrected chi connectivity index (χ0v) is 16.5. The first-order valence-corrected chi connectivity index (χ1v) is 9.80. The first kappa shape index (κ1) is 19.0. The number of hydrogen-bond acceptors (Lipinski definition) is 8. The van der Waals surface area contributed by atoms with Gasteiger partial charge in [-0.25, -0.2) is 0 Å². The van der Waals surface area contributed by atoms with Gasteiger partial charge in [-0.3, -0.25) is 4.68 Å². The lowest BCUT2D eigenvalue weighted by molar-refractivity contribution is -0.389. The lowest BCUT2D eigenvalue weighted by Crippen LogP contribution is -2.02. The number of nitro groups is 1. The highest BCUT2D eigenvalue weighted by Gasteiger charge is 2.12. The summed E-state index contributed by atoms with van der Waals surface area (Å²) in [6, 6.07) is 10.9. The largest absolute Gasteiger partial charge is 0.389 e. The normalized spacial score (nSPS) is 10.9. The average molecular weight is 431 g/mol. The molecule has 1 aromatic carbocycles. The summed E-state index contributed by atoms with van der Waals surface area (Å²) in [4.78, 5) is 10.2. The van der Waals surface area contributed by atoms with Gasteiger partial charge >= 0.3 is 5.82 Å². The van der Waals surface area contributed by atoms with Gasteiger partial charge in [0.05, 0.1) is 30.5 Å². The predicted octanol–water partition coefficient (Wildman–Crippen LogP) is 3.53. The molecule has 3 aromatic heterocycles. The van der Waals surface area contributed by atoms with Crippen molar-refractivity contribution in [2.24, 2.45) is 0 Å². The molecule has 3 heterocycles. The van der Waals surface area contributed by atoms with E-state index in [-0.39, 0.29) is 5.82 Å². The molecule has 12 heteroatoms. The van der Waals surface area contributed by atoms with Gasteiger partial charge in [0.2, 0.25) is 5.13 Å². The van der Waals surface area contributed by atoms with E-state index < -0.39 is 4.92 Å². The van der Waals surface area contributed by atoms with Gasteiger partial charge in [-0.2, -0.15) is 9.78 Å². The summed E-state index contributed by atoms with van der Waals surface area (Å²) in [5.74, 6) is 0.486. The predicted molar refractivity (Wildman–Crippen MR) is 109 cm³/mol. The SMILES string of the molecule is O=[N+]([O-])c1ccn(CCc2nnc(Nc3ccn(Cc4ccccc4Cl)n3)s2)n1. The van der Waals surface area contributed by atoms with Crippen molar-refractivity contribution >= 4 is 39.7 Å². The highest BCUT2D eigenvalue weighted by Crippen LogP contribution is 2.21. The van der Waals surface area contributed by atoms with Crippen LogP contribution < -0.4 is 5.32 Å². The molecule has 0 aliphatic rings. The summed E-state index contributed by atoms with van der Waals surface area (Å²) in [5, 5.41) is 32.5. The number of hydrogen-bond donors (Lipinski definition) is 1. The molecular weight excluding hydrogens is 416 g/mol. The molecule has 0 spiro atoms. The lowest BCUT2D eigenvalue weighted by atomic mass is 10.2. The molecule has 29 heavy (non-hydrogen) atoms. The quantitative estimate of drug-likeness (QED) is 0.335. The van der Waals surface area contributed by atoms with Gasteiger partial charge in [-0.1, -0.05) is 41.1 Å². The van der Waals surface area contributed by atoms with Crippen LogP contribution in [0.4, 0.5) is 16.8 Å². The summed E-state index contributed by atoms with van der Waals surface area (Å²) in [6.45, 7) is 1.05. The van der Waals surface area contributed by atoms with Gasteiger partial charge in [-0.15, -0.1) is 10.2 Å². The molecule has 0 radical (unpaired) electrons. The molecule has 10 nitrogen and oxygen atoms in total. The summed E-state index contributed by atoms with van der Waals surface area (Å²) in [7, 11) is 0. The maximum Gasteiger partial charge on any atom is 0.389 e. The third-order valence-corrected chi connectivity index (χ3v) is 5.27. The summed E-state index contributed by atoms with van der Waals surface area (Å²) in [6.07, 6.45) is 4.00. The Morgan fingerprint density at radius 1 is 1.10 bits per heavy atom. The van der Waals surface area contributed by atoms with Crippen molar-refractivity contribution in [2.75, 3.05) is 5.32 Å². The zero-order chi connectivity index (χ0) is 20.2. The molecule has 0 aliphatic heterocycles. The Balaban J connectivity index is 1.33. The van der Waals surface area contributed by atoms with Crippen molar-refractivity contribution < 1.29 is 4.92 Å². The maximum absolute atomic E-state index is 10.7.